The van der Waals surface area contributed by atoms with Gasteiger partial charge in [-0.25, -0.2) is 0 Å². The minimum absolute atomic E-state index is 0.0341. The van der Waals surface area contributed by atoms with E-state index in [1.54, 1.807) is 16.7 Å². The van der Waals surface area contributed by atoms with Crippen LogP contribution >= 0.6 is 11.8 Å². The van der Waals surface area contributed by atoms with Crippen molar-refractivity contribution in [2.75, 3.05) is 24.7 Å². The zero-order chi connectivity index (χ0) is 13.9. The van der Waals surface area contributed by atoms with Gasteiger partial charge in [-0.15, -0.1) is 11.8 Å². The number of hydrogen-bond donors (Lipinski definition) is 0. The largest absolute Gasteiger partial charge is 0.341 e. The molecule has 0 aliphatic carbocycles. The predicted molar refractivity (Wildman–Crippen MR) is 79.5 cm³/mol. The summed E-state index contributed by atoms with van der Waals surface area (Å²) >= 11 is 1.66. The van der Waals surface area contributed by atoms with E-state index in [-0.39, 0.29) is 17.9 Å². The molecule has 1 unspecified atom stereocenters. The van der Waals surface area contributed by atoms with E-state index in [4.69, 9.17) is 0 Å². The highest BCUT2D eigenvalue weighted by atomic mass is 32.2. The minimum atomic E-state index is -0.286. The van der Waals surface area contributed by atoms with Gasteiger partial charge in [0.25, 0.3) is 5.91 Å². The molecule has 1 atom stereocenters. The van der Waals surface area contributed by atoms with Gasteiger partial charge in [-0.2, -0.15) is 0 Å². The first kappa shape index (κ1) is 13.5. The van der Waals surface area contributed by atoms with Crippen molar-refractivity contribution in [2.45, 2.75) is 18.9 Å². The fourth-order valence-electron chi connectivity index (χ4n) is 2.74. The van der Waals surface area contributed by atoms with Crippen molar-refractivity contribution in [2.24, 2.45) is 0 Å². The molecule has 5 heteroatoms. The topological polar surface area (TPSA) is 40.6 Å². The summed E-state index contributed by atoms with van der Waals surface area (Å²) in [5.74, 6) is 1.41. The van der Waals surface area contributed by atoms with E-state index >= 15 is 0 Å². The Balaban J connectivity index is 1.75. The van der Waals surface area contributed by atoms with Crippen LogP contribution in [0.1, 0.15) is 23.2 Å². The SMILES string of the molecule is O=C(C1CSCN1C(=O)c1ccccc1)N1CCCC1. The molecular weight excluding hydrogens is 272 g/mol. The number of thioether (sulfide) groups is 1. The molecule has 0 saturated carbocycles. The van der Waals surface area contributed by atoms with E-state index in [0.717, 1.165) is 25.9 Å². The standard InChI is InChI=1S/C15H18N2O2S/c18-14(12-6-2-1-3-7-12)17-11-20-10-13(17)15(19)16-8-4-5-9-16/h1-3,6-7,13H,4-5,8-11H2. The summed E-state index contributed by atoms with van der Waals surface area (Å²) in [4.78, 5) is 28.7. The van der Waals surface area contributed by atoms with Crippen LogP contribution in [0.15, 0.2) is 30.3 Å². The molecule has 2 saturated heterocycles. The quantitative estimate of drug-likeness (QED) is 0.834. The summed E-state index contributed by atoms with van der Waals surface area (Å²) < 4.78 is 0. The summed E-state index contributed by atoms with van der Waals surface area (Å²) in [6.07, 6.45) is 2.16. The first-order chi connectivity index (χ1) is 9.77. The van der Waals surface area contributed by atoms with Gasteiger partial charge in [0.2, 0.25) is 5.91 Å². The Hall–Kier alpha value is -1.49. The lowest BCUT2D eigenvalue weighted by atomic mass is 10.1. The average Bonchev–Trinajstić information content (AvgIpc) is 3.18. The molecule has 0 spiro atoms. The van der Waals surface area contributed by atoms with Crippen LogP contribution < -0.4 is 0 Å². The maximum Gasteiger partial charge on any atom is 0.255 e. The Morgan fingerprint density at radius 1 is 1.10 bits per heavy atom. The molecule has 0 aromatic heterocycles. The molecule has 20 heavy (non-hydrogen) atoms. The molecule has 2 aliphatic rings. The summed E-state index contributed by atoms with van der Waals surface area (Å²) in [6, 6.07) is 8.93. The fourth-order valence-corrected chi connectivity index (χ4v) is 3.89. The molecule has 106 valence electrons. The van der Waals surface area contributed by atoms with Crippen molar-refractivity contribution in [3.63, 3.8) is 0 Å². The summed E-state index contributed by atoms with van der Waals surface area (Å²) in [5, 5.41) is 0. The third kappa shape index (κ3) is 2.54. The maximum absolute atomic E-state index is 12.5. The second-order valence-electron chi connectivity index (χ2n) is 5.19. The van der Waals surface area contributed by atoms with Gasteiger partial charge in [0, 0.05) is 24.4 Å². The van der Waals surface area contributed by atoms with Crippen LogP contribution in [-0.2, 0) is 4.79 Å². The average molecular weight is 290 g/mol. The van der Waals surface area contributed by atoms with Crippen LogP contribution in [0, 0.1) is 0 Å². The van der Waals surface area contributed by atoms with Gasteiger partial charge in [0.1, 0.15) is 6.04 Å². The molecule has 1 aromatic carbocycles. The van der Waals surface area contributed by atoms with E-state index in [9.17, 15) is 9.59 Å². The third-order valence-electron chi connectivity index (χ3n) is 3.87. The second kappa shape index (κ2) is 5.87. The molecule has 0 bridgehead atoms. The lowest BCUT2D eigenvalue weighted by Gasteiger charge is -2.27. The summed E-state index contributed by atoms with van der Waals surface area (Å²) in [7, 11) is 0. The monoisotopic (exact) mass is 290 g/mol. The van der Waals surface area contributed by atoms with E-state index in [2.05, 4.69) is 0 Å². The van der Waals surface area contributed by atoms with Crippen molar-refractivity contribution in [1.82, 2.24) is 9.80 Å². The lowest BCUT2D eigenvalue weighted by molar-refractivity contribution is -0.133. The Bertz CT molecular complexity index is 500. The van der Waals surface area contributed by atoms with Gasteiger partial charge in [-0.3, -0.25) is 9.59 Å². The number of likely N-dealkylation sites (tertiary alicyclic amines) is 1. The number of carbonyl (C=O) groups excluding carboxylic acids is 2. The number of carbonyl (C=O) groups is 2. The van der Waals surface area contributed by atoms with Crippen LogP contribution in [0.4, 0.5) is 0 Å². The number of hydrogen-bond acceptors (Lipinski definition) is 3. The maximum atomic E-state index is 12.5. The molecule has 3 rings (SSSR count). The Morgan fingerprint density at radius 3 is 2.50 bits per heavy atom. The van der Waals surface area contributed by atoms with Crippen LogP contribution in [0.25, 0.3) is 0 Å². The Morgan fingerprint density at radius 2 is 1.80 bits per heavy atom. The van der Waals surface area contributed by atoms with Gasteiger partial charge in [-0.1, -0.05) is 18.2 Å². The molecule has 1 aromatic rings. The van der Waals surface area contributed by atoms with Crippen molar-refractivity contribution >= 4 is 23.6 Å². The Kier molecular flexibility index (Phi) is 3.96. The highest BCUT2D eigenvalue weighted by Crippen LogP contribution is 2.25. The number of nitrogens with zero attached hydrogens (tertiary/aromatic N) is 2. The molecule has 4 nitrogen and oxygen atoms in total. The van der Waals surface area contributed by atoms with Crippen molar-refractivity contribution in [3.05, 3.63) is 35.9 Å². The second-order valence-corrected chi connectivity index (χ2v) is 6.19. The molecule has 2 aliphatic heterocycles. The van der Waals surface area contributed by atoms with Gasteiger partial charge in [0.15, 0.2) is 0 Å². The first-order valence-electron chi connectivity index (χ1n) is 7.00. The summed E-state index contributed by atoms with van der Waals surface area (Å²) in [6.45, 7) is 1.68. The fraction of sp³-hybridized carbons (Fsp3) is 0.467. The molecule has 2 amide bonds. The smallest absolute Gasteiger partial charge is 0.255 e. The Labute approximate surface area is 123 Å². The van der Waals surface area contributed by atoms with E-state index < -0.39 is 0 Å². The molecule has 2 fully saturated rings. The molecule has 0 N–H and O–H groups in total. The molecule has 0 radical (unpaired) electrons. The van der Waals surface area contributed by atoms with Crippen molar-refractivity contribution < 1.29 is 9.59 Å². The van der Waals surface area contributed by atoms with Gasteiger partial charge in [0.05, 0.1) is 5.88 Å². The minimum Gasteiger partial charge on any atom is -0.341 e. The first-order valence-corrected chi connectivity index (χ1v) is 8.15. The third-order valence-corrected chi connectivity index (χ3v) is 4.88. The highest BCUT2D eigenvalue weighted by Gasteiger charge is 2.37. The normalized spacial score (nSPS) is 22.3. The predicted octanol–water partition coefficient (Wildman–Crippen LogP) is 1.82. The van der Waals surface area contributed by atoms with Gasteiger partial charge in [-0.05, 0) is 25.0 Å². The summed E-state index contributed by atoms with van der Waals surface area (Å²) in [5.41, 5.74) is 0.661. The zero-order valence-corrected chi connectivity index (χ0v) is 12.1. The van der Waals surface area contributed by atoms with Crippen LogP contribution in [-0.4, -0.2) is 52.4 Å². The lowest BCUT2D eigenvalue weighted by Crippen LogP contribution is -2.48. The van der Waals surface area contributed by atoms with E-state index in [1.165, 1.54) is 0 Å². The van der Waals surface area contributed by atoms with Gasteiger partial charge >= 0.3 is 0 Å². The van der Waals surface area contributed by atoms with Crippen molar-refractivity contribution in [3.8, 4) is 0 Å². The van der Waals surface area contributed by atoms with Crippen molar-refractivity contribution in [1.29, 1.82) is 0 Å². The van der Waals surface area contributed by atoms with E-state index in [1.807, 2.05) is 35.2 Å². The zero-order valence-electron chi connectivity index (χ0n) is 11.3. The van der Waals surface area contributed by atoms with Crippen LogP contribution in [0.3, 0.4) is 0 Å². The van der Waals surface area contributed by atoms with E-state index in [0.29, 0.717) is 17.2 Å². The number of rotatable bonds is 2. The van der Waals surface area contributed by atoms with Crippen LogP contribution in [0.5, 0.6) is 0 Å². The van der Waals surface area contributed by atoms with Gasteiger partial charge < -0.3 is 9.80 Å². The van der Waals surface area contributed by atoms with Crippen LogP contribution in [0.2, 0.25) is 0 Å². The highest BCUT2D eigenvalue weighted by molar-refractivity contribution is 7.99. The molecule has 2 heterocycles. The number of benzene rings is 1. The number of amides is 2. The molecular formula is C15H18N2O2S.